The molecular formula is C14H18ClF. The van der Waals surface area contributed by atoms with Gasteiger partial charge in [-0.3, -0.25) is 0 Å². The lowest BCUT2D eigenvalue weighted by Gasteiger charge is -2.20. The highest BCUT2D eigenvalue weighted by Crippen LogP contribution is 2.44. The van der Waals surface area contributed by atoms with Crippen molar-refractivity contribution >= 4 is 11.6 Å². The fourth-order valence-corrected chi connectivity index (χ4v) is 3.22. The van der Waals surface area contributed by atoms with E-state index in [1.165, 1.54) is 0 Å². The number of hydrogen-bond acceptors (Lipinski definition) is 0. The van der Waals surface area contributed by atoms with E-state index in [2.05, 4.69) is 13.0 Å². The topological polar surface area (TPSA) is 0 Å². The molecule has 1 aliphatic rings. The first-order valence-corrected chi connectivity index (χ1v) is 6.35. The van der Waals surface area contributed by atoms with Gasteiger partial charge in [0.05, 0.1) is 0 Å². The van der Waals surface area contributed by atoms with Crippen molar-refractivity contribution in [2.24, 2.45) is 5.92 Å². The summed E-state index contributed by atoms with van der Waals surface area (Å²) in [6.45, 7) is 6.07. The Morgan fingerprint density at radius 3 is 2.44 bits per heavy atom. The fourth-order valence-electron chi connectivity index (χ4n) is 2.92. The standard InChI is InChI=1S/C14H18ClF/c1-8-6-9(2)14(13(16)7-8)11-4-5-12(15)10(11)3/h6-7,10-12H,4-5H2,1-3H3. The fraction of sp³-hybridized carbons (Fsp3) is 0.571. The molecular weight excluding hydrogens is 223 g/mol. The van der Waals surface area contributed by atoms with Crippen molar-refractivity contribution in [3.05, 3.63) is 34.6 Å². The molecule has 0 nitrogen and oxygen atoms in total. The first-order valence-electron chi connectivity index (χ1n) is 5.91. The maximum atomic E-state index is 14.0. The molecule has 0 amide bonds. The molecule has 0 saturated heterocycles. The lowest BCUT2D eigenvalue weighted by molar-refractivity contribution is 0.501. The number of halogens is 2. The van der Waals surface area contributed by atoms with E-state index >= 15 is 0 Å². The van der Waals surface area contributed by atoms with Crippen LogP contribution in [0.25, 0.3) is 0 Å². The normalized spacial score (nSPS) is 29.7. The number of aryl methyl sites for hydroxylation is 2. The Morgan fingerprint density at radius 2 is 1.94 bits per heavy atom. The second-order valence-electron chi connectivity index (χ2n) is 5.04. The van der Waals surface area contributed by atoms with Crippen LogP contribution in [0.3, 0.4) is 0 Å². The third-order valence-electron chi connectivity index (χ3n) is 3.81. The summed E-state index contributed by atoms with van der Waals surface area (Å²) in [4.78, 5) is 0. The summed E-state index contributed by atoms with van der Waals surface area (Å²) in [7, 11) is 0. The van der Waals surface area contributed by atoms with Crippen LogP contribution in [0, 0.1) is 25.6 Å². The van der Waals surface area contributed by atoms with E-state index in [0.717, 1.165) is 29.5 Å². The molecule has 0 spiro atoms. The van der Waals surface area contributed by atoms with E-state index in [9.17, 15) is 4.39 Å². The zero-order chi connectivity index (χ0) is 11.9. The summed E-state index contributed by atoms with van der Waals surface area (Å²) in [5, 5.41) is 0.199. The molecule has 16 heavy (non-hydrogen) atoms. The smallest absolute Gasteiger partial charge is 0.127 e. The van der Waals surface area contributed by atoms with Crippen molar-refractivity contribution in [3.63, 3.8) is 0 Å². The number of rotatable bonds is 1. The first-order chi connectivity index (χ1) is 7.50. The van der Waals surface area contributed by atoms with Gasteiger partial charge in [0.1, 0.15) is 5.82 Å². The van der Waals surface area contributed by atoms with Gasteiger partial charge in [-0.2, -0.15) is 0 Å². The van der Waals surface area contributed by atoms with Crippen LogP contribution in [0.1, 0.15) is 42.4 Å². The van der Waals surface area contributed by atoms with Gasteiger partial charge < -0.3 is 0 Å². The molecule has 1 aliphatic carbocycles. The maximum Gasteiger partial charge on any atom is 0.127 e. The first kappa shape index (κ1) is 11.9. The second-order valence-corrected chi connectivity index (χ2v) is 5.60. The van der Waals surface area contributed by atoms with Crippen molar-refractivity contribution in [1.82, 2.24) is 0 Å². The molecule has 3 unspecified atom stereocenters. The maximum absolute atomic E-state index is 14.0. The minimum Gasteiger partial charge on any atom is -0.207 e. The van der Waals surface area contributed by atoms with E-state index < -0.39 is 0 Å². The Labute approximate surface area is 102 Å². The van der Waals surface area contributed by atoms with Crippen LogP contribution in [0.15, 0.2) is 12.1 Å². The van der Waals surface area contributed by atoms with Crippen molar-refractivity contribution in [2.45, 2.75) is 44.9 Å². The third kappa shape index (κ3) is 1.98. The van der Waals surface area contributed by atoms with Crippen LogP contribution >= 0.6 is 11.6 Å². The zero-order valence-corrected chi connectivity index (χ0v) is 10.8. The molecule has 1 aromatic carbocycles. The lowest BCUT2D eigenvalue weighted by Crippen LogP contribution is -2.12. The van der Waals surface area contributed by atoms with Crippen LogP contribution in [0.5, 0.6) is 0 Å². The molecule has 0 radical (unpaired) electrons. The van der Waals surface area contributed by atoms with Gasteiger partial charge >= 0.3 is 0 Å². The number of benzene rings is 1. The highest BCUT2D eigenvalue weighted by Gasteiger charge is 2.34. The summed E-state index contributed by atoms with van der Waals surface area (Å²) in [6, 6.07) is 3.70. The van der Waals surface area contributed by atoms with Gasteiger partial charge in [0.2, 0.25) is 0 Å². The Morgan fingerprint density at radius 1 is 1.25 bits per heavy atom. The monoisotopic (exact) mass is 240 g/mol. The predicted molar refractivity (Wildman–Crippen MR) is 66.7 cm³/mol. The minimum atomic E-state index is -0.0554. The van der Waals surface area contributed by atoms with E-state index in [1.807, 2.05) is 13.8 Å². The van der Waals surface area contributed by atoms with Crippen LogP contribution in [0.2, 0.25) is 0 Å². The molecule has 1 saturated carbocycles. The highest BCUT2D eigenvalue weighted by atomic mass is 35.5. The van der Waals surface area contributed by atoms with Crippen LogP contribution in [-0.2, 0) is 0 Å². The minimum absolute atomic E-state index is 0.0554. The Balaban J connectivity index is 2.41. The highest BCUT2D eigenvalue weighted by molar-refractivity contribution is 6.21. The Kier molecular flexibility index (Phi) is 3.25. The summed E-state index contributed by atoms with van der Waals surface area (Å²) < 4.78 is 14.0. The lowest BCUT2D eigenvalue weighted by atomic mass is 9.86. The van der Waals surface area contributed by atoms with Gasteiger partial charge in [0, 0.05) is 5.38 Å². The van der Waals surface area contributed by atoms with Gasteiger partial charge in [-0.25, -0.2) is 4.39 Å². The molecule has 0 heterocycles. The molecule has 0 aromatic heterocycles. The van der Waals surface area contributed by atoms with Gasteiger partial charge in [-0.1, -0.05) is 13.0 Å². The zero-order valence-electron chi connectivity index (χ0n) is 10.1. The van der Waals surface area contributed by atoms with E-state index in [1.54, 1.807) is 6.07 Å². The van der Waals surface area contributed by atoms with Gasteiger partial charge in [-0.05, 0) is 61.3 Å². The SMILES string of the molecule is Cc1cc(C)c(C2CCC(Cl)C2C)c(F)c1. The molecule has 1 aromatic rings. The van der Waals surface area contributed by atoms with Crippen molar-refractivity contribution in [1.29, 1.82) is 0 Å². The quantitative estimate of drug-likeness (QED) is 0.631. The molecule has 3 atom stereocenters. The van der Waals surface area contributed by atoms with Crippen molar-refractivity contribution < 1.29 is 4.39 Å². The van der Waals surface area contributed by atoms with Crippen LogP contribution < -0.4 is 0 Å². The van der Waals surface area contributed by atoms with Crippen molar-refractivity contribution in [3.8, 4) is 0 Å². The van der Waals surface area contributed by atoms with Gasteiger partial charge in [-0.15, -0.1) is 11.6 Å². The summed E-state index contributed by atoms with van der Waals surface area (Å²) in [5.41, 5.74) is 2.95. The molecule has 0 bridgehead atoms. The Bertz CT molecular complexity index is 377. The number of hydrogen-bond donors (Lipinski definition) is 0. The van der Waals surface area contributed by atoms with Gasteiger partial charge in [0.15, 0.2) is 0 Å². The third-order valence-corrected chi connectivity index (χ3v) is 4.43. The molecule has 2 rings (SSSR count). The van der Waals surface area contributed by atoms with Crippen LogP contribution in [-0.4, -0.2) is 5.38 Å². The van der Waals surface area contributed by atoms with Crippen molar-refractivity contribution in [2.75, 3.05) is 0 Å². The molecule has 2 heteroatoms. The average Bonchev–Trinajstić information content (AvgIpc) is 2.48. The molecule has 1 fully saturated rings. The summed E-state index contributed by atoms with van der Waals surface area (Å²) in [6.07, 6.45) is 2.01. The van der Waals surface area contributed by atoms with E-state index in [4.69, 9.17) is 11.6 Å². The number of alkyl halides is 1. The molecule has 0 aliphatic heterocycles. The largest absolute Gasteiger partial charge is 0.207 e. The molecule has 0 N–H and O–H groups in total. The second kappa shape index (κ2) is 4.37. The molecule has 88 valence electrons. The van der Waals surface area contributed by atoms with Crippen LogP contribution in [0.4, 0.5) is 4.39 Å². The average molecular weight is 241 g/mol. The van der Waals surface area contributed by atoms with E-state index in [0.29, 0.717) is 11.8 Å². The van der Waals surface area contributed by atoms with Gasteiger partial charge in [0.25, 0.3) is 0 Å². The summed E-state index contributed by atoms with van der Waals surface area (Å²) in [5.74, 6) is 0.612. The summed E-state index contributed by atoms with van der Waals surface area (Å²) >= 11 is 6.22. The van der Waals surface area contributed by atoms with E-state index in [-0.39, 0.29) is 11.2 Å². The Hall–Kier alpha value is -0.560. The predicted octanol–water partition coefficient (Wildman–Crippen LogP) is 4.56.